The minimum Gasteiger partial charge on any atom is -0.346 e. The van der Waals surface area contributed by atoms with Crippen LogP contribution in [0.2, 0.25) is 0 Å². The second kappa shape index (κ2) is 12.5. The Morgan fingerprint density at radius 2 is 1.77 bits per heavy atom. The van der Waals surface area contributed by atoms with Gasteiger partial charge in [-0.1, -0.05) is 36.4 Å². The largest absolute Gasteiger partial charge is 0.346 e. The summed E-state index contributed by atoms with van der Waals surface area (Å²) in [5.41, 5.74) is 3.43. The van der Waals surface area contributed by atoms with Gasteiger partial charge in [0.2, 0.25) is 0 Å². The van der Waals surface area contributed by atoms with Gasteiger partial charge < -0.3 is 9.88 Å². The van der Waals surface area contributed by atoms with Crippen molar-refractivity contribution in [3.05, 3.63) is 143 Å². The number of amides is 1. The molecule has 9 nitrogen and oxygen atoms in total. The predicted molar refractivity (Wildman–Crippen MR) is 170 cm³/mol. The molecule has 0 atom stereocenters. The zero-order valence-corrected chi connectivity index (χ0v) is 25.0. The Balaban J connectivity index is 1.31. The lowest BCUT2D eigenvalue weighted by atomic mass is 10.1. The minimum absolute atomic E-state index is 0.0283. The number of benzene rings is 3. The zero-order valence-electron chi connectivity index (χ0n) is 23.4. The number of nitrogens with zero attached hydrogens (tertiary/aromatic N) is 5. The molecule has 0 saturated carbocycles. The van der Waals surface area contributed by atoms with Crippen LogP contribution in [0.4, 0.5) is 5.69 Å². The number of sulfonamides is 1. The molecule has 0 bridgehead atoms. The van der Waals surface area contributed by atoms with E-state index in [1.165, 1.54) is 15.6 Å². The molecule has 3 aromatic carbocycles. The fourth-order valence-corrected chi connectivity index (χ4v) is 7.15. The second-order valence-electron chi connectivity index (χ2n) is 9.98. The topological polar surface area (TPSA) is 121 Å². The summed E-state index contributed by atoms with van der Waals surface area (Å²) in [6.45, 7) is 0.791. The van der Waals surface area contributed by atoms with Crippen LogP contribution in [-0.2, 0) is 29.7 Å². The molecular weight excluding hydrogens is 593 g/mol. The van der Waals surface area contributed by atoms with Crippen molar-refractivity contribution < 1.29 is 13.2 Å². The van der Waals surface area contributed by atoms with E-state index in [2.05, 4.69) is 21.4 Å². The third kappa shape index (κ3) is 6.22. The second-order valence-corrected chi connectivity index (χ2v) is 12.9. The van der Waals surface area contributed by atoms with Crippen LogP contribution >= 0.6 is 11.3 Å². The van der Waals surface area contributed by atoms with Gasteiger partial charge in [0.15, 0.2) is 0 Å². The number of hydrogen-bond donors (Lipinski definition) is 1. The van der Waals surface area contributed by atoms with Gasteiger partial charge in [-0.05, 0) is 71.6 Å². The lowest BCUT2D eigenvalue weighted by Crippen LogP contribution is -2.31. The first-order chi connectivity index (χ1) is 21.4. The number of carbonyl (C=O) groups excluding carboxylic acids is 1. The van der Waals surface area contributed by atoms with Crippen molar-refractivity contribution in [3.63, 3.8) is 0 Å². The Bertz CT molecular complexity index is 2070. The summed E-state index contributed by atoms with van der Waals surface area (Å²) >= 11 is 1.34. The molecular formula is C33H26N6O3S2. The van der Waals surface area contributed by atoms with Crippen molar-refractivity contribution in [2.24, 2.45) is 0 Å². The van der Waals surface area contributed by atoms with Crippen molar-refractivity contribution in [2.75, 3.05) is 4.31 Å². The number of aromatic nitrogens is 3. The Kier molecular flexibility index (Phi) is 8.18. The van der Waals surface area contributed by atoms with E-state index in [4.69, 9.17) is 5.26 Å². The van der Waals surface area contributed by atoms with Crippen LogP contribution in [0.3, 0.4) is 0 Å². The van der Waals surface area contributed by atoms with E-state index in [9.17, 15) is 13.2 Å². The van der Waals surface area contributed by atoms with Crippen LogP contribution in [-0.4, -0.2) is 28.9 Å². The number of hydrogen-bond acceptors (Lipinski definition) is 7. The normalized spacial score (nSPS) is 11.2. The number of rotatable bonds is 10. The molecule has 0 aliphatic carbocycles. The molecule has 0 saturated heterocycles. The quantitative estimate of drug-likeness (QED) is 0.209. The van der Waals surface area contributed by atoms with Crippen LogP contribution in [0.5, 0.6) is 0 Å². The van der Waals surface area contributed by atoms with Gasteiger partial charge in [0.25, 0.3) is 15.9 Å². The maximum atomic E-state index is 14.1. The van der Waals surface area contributed by atoms with Gasteiger partial charge in [-0.2, -0.15) is 5.26 Å². The fourth-order valence-electron chi connectivity index (χ4n) is 4.74. The highest BCUT2D eigenvalue weighted by atomic mass is 32.2. The van der Waals surface area contributed by atoms with Gasteiger partial charge in [0.1, 0.15) is 0 Å². The van der Waals surface area contributed by atoms with Crippen LogP contribution < -0.4 is 9.62 Å². The van der Waals surface area contributed by atoms with E-state index in [1.807, 2.05) is 41.0 Å². The predicted octanol–water partition coefficient (Wildman–Crippen LogP) is 5.74. The summed E-state index contributed by atoms with van der Waals surface area (Å²) < 4.78 is 32.3. The average molecular weight is 619 g/mol. The number of fused-ring (bicyclic) bond motifs is 1. The standard InChI is InChI=1S/C33H26N6O3S2/c34-18-24-9-11-25(12-10-24)21-38-23-35-20-29(38)22-39(44(41,42)30-7-2-1-3-8-30)28-13-14-31-26(16-28)17-32(43-31)33(40)37-19-27-6-4-5-15-36-27/h1-17,20,23H,19,21-22H2,(H,37,40). The van der Waals surface area contributed by atoms with Crippen LogP contribution in [0.1, 0.15) is 32.2 Å². The highest BCUT2D eigenvalue weighted by Gasteiger charge is 2.27. The van der Waals surface area contributed by atoms with Gasteiger partial charge in [-0.25, -0.2) is 13.4 Å². The molecule has 6 aromatic rings. The monoisotopic (exact) mass is 618 g/mol. The molecule has 6 rings (SSSR count). The number of anilines is 1. The van der Waals surface area contributed by atoms with Crippen molar-refractivity contribution in [1.29, 1.82) is 5.26 Å². The molecule has 1 amide bonds. The fraction of sp³-hybridized carbons (Fsp3) is 0.0909. The Morgan fingerprint density at radius 1 is 0.977 bits per heavy atom. The number of thiophene rings is 1. The molecule has 0 spiro atoms. The summed E-state index contributed by atoms with van der Waals surface area (Å²) in [6, 6.07) is 30.4. The molecule has 3 heterocycles. The van der Waals surface area contributed by atoms with Gasteiger partial charge in [0.05, 0.1) is 57.9 Å². The van der Waals surface area contributed by atoms with Gasteiger partial charge in [-0.3, -0.25) is 14.1 Å². The van der Waals surface area contributed by atoms with Crippen LogP contribution in [0.15, 0.2) is 121 Å². The number of imidazole rings is 1. The summed E-state index contributed by atoms with van der Waals surface area (Å²) in [7, 11) is -3.97. The summed E-state index contributed by atoms with van der Waals surface area (Å²) in [5.74, 6) is -0.223. The van der Waals surface area contributed by atoms with Gasteiger partial charge in [-0.15, -0.1) is 11.3 Å². The van der Waals surface area contributed by atoms with Crippen LogP contribution in [0.25, 0.3) is 10.1 Å². The summed E-state index contributed by atoms with van der Waals surface area (Å²) in [5, 5.41) is 12.8. The lowest BCUT2D eigenvalue weighted by molar-refractivity contribution is 0.0954. The molecule has 0 aliphatic rings. The maximum absolute atomic E-state index is 14.1. The maximum Gasteiger partial charge on any atom is 0.264 e. The zero-order chi connectivity index (χ0) is 30.5. The Labute approximate surface area is 258 Å². The Hall–Kier alpha value is -5.31. The van der Waals surface area contributed by atoms with E-state index >= 15 is 0 Å². The number of pyridine rings is 1. The molecule has 218 valence electrons. The van der Waals surface area contributed by atoms with E-state index in [0.29, 0.717) is 34.9 Å². The minimum atomic E-state index is -3.97. The smallest absolute Gasteiger partial charge is 0.264 e. The number of nitrogens with one attached hydrogen (secondary N) is 1. The molecule has 0 unspecified atom stereocenters. The summed E-state index contributed by atoms with van der Waals surface area (Å²) in [6.07, 6.45) is 5.00. The summed E-state index contributed by atoms with van der Waals surface area (Å²) in [4.78, 5) is 22.2. The first-order valence-electron chi connectivity index (χ1n) is 13.7. The first-order valence-corrected chi connectivity index (χ1v) is 15.9. The lowest BCUT2D eigenvalue weighted by Gasteiger charge is -2.25. The van der Waals surface area contributed by atoms with Gasteiger partial charge in [0, 0.05) is 23.6 Å². The molecule has 0 aliphatic heterocycles. The molecule has 0 radical (unpaired) electrons. The number of carbonyl (C=O) groups is 1. The average Bonchev–Trinajstić information content (AvgIpc) is 3.70. The van der Waals surface area contributed by atoms with Crippen molar-refractivity contribution >= 4 is 43.0 Å². The van der Waals surface area contributed by atoms with E-state index in [0.717, 1.165) is 21.3 Å². The highest BCUT2D eigenvalue weighted by molar-refractivity contribution is 7.92. The molecule has 3 aromatic heterocycles. The number of nitriles is 1. The van der Waals surface area contributed by atoms with Crippen molar-refractivity contribution in [1.82, 2.24) is 19.9 Å². The van der Waals surface area contributed by atoms with Gasteiger partial charge >= 0.3 is 0 Å². The third-order valence-electron chi connectivity index (χ3n) is 7.04. The van der Waals surface area contributed by atoms with E-state index in [1.54, 1.807) is 79.4 Å². The van der Waals surface area contributed by atoms with E-state index < -0.39 is 10.0 Å². The highest BCUT2D eigenvalue weighted by Crippen LogP contribution is 2.33. The van der Waals surface area contributed by atoms with E-state index in [-0.39, 0.29) is 17.3 Å². The van der Waals surface area contributed by atoms with Crippen molar-refractivity contribution in [3.8, 4) is 6.07 Å². The molecule has 0 fully saturated rings. The van der Waals surface area contributed by atoms with Crippen molar-refractivity contribution in [2.45, 2.75) is 24.5 Å². The third-order valence-corrected chi connectivity index (χ3v) is 9.94. The first kappa shape index (κ1) is 28.8. The SMILES string of the molecule is N#Cc1ccc(Cn2cncc2CN(c2ccc3sc(C(=O)NCc4ccccn4)cc3c2)S(=O)(=O)c2ccccc2)cc1. The molecule has 11 heteroatoms. The van der Waals surface area contributed by atoms with Crippen LogP contribution in [0, 0.1) is 11.3 Å². The molecule has 1 N–H and O–H groups in total. The molecule has 44 heavy (non-hydrogen) atoms. The Morgan fingerprint density at radius 3 is 2.52 bits per heavy atom.